The van der Waals surface area contributed by atoms with Crippen LogP contribution in [0.5, 0.6) is 0 Å². The molecule has 0 fully saturated rings. The van der Waals surface area contributed by atoms with Crippen LogP contribution in [0, 0.1) is 0 Å². The highest BCUT2D eigenvalue weighted by Crippen LogP contribution is 2.28. The summed E-state index contributed by atoms with van der Waals surface area (Å²) in [5.41, 5.74) is 0.774. The van der Waals surface area contributed by atoms with Crippen molar-refractivity contribution in [3.63, 3.8) is 0 Å². The van der Waals surface area contributed by atoms with Crippen LogP contribution in [-0.4, -0.2) is 21.7 Å². The number of halogens is 1. The number of furan rings is 1. The highest BCUT2D eigenvalue weighted by molar-refractivity contribution is 6.30. The third-order valence-electron chi connectivity index (χ3n) is 2.43. The molecule has 6 heteroatoms. The molecule has 1 aromatic carbocycles. The van der Waals surface area contributed by atoms with Crippen LogP contribution in [0.15, 0.2) is 40.8 Å². The van der Waals surface area contributed by atoms with Crippen molar-refractivity contribution in [3.05, 3.63) is 47.2 Å². The molecule has 0 aliphatic rings. The van der Waals surface area contributed by atoms with Crippen molar-refractivity contribution in [2.45, 2.75) is 12.5 Å². The number of aliphatic hydroxyl groups excluding tert-OH is 1. The Morgan fingerprint density at radius 1 is 1.32 bits per heavy atom. The number of carboxylic acids is 1. The van der Waals surface area contributed by atoms with Crippen molar-refractivity contribution in [2.75, 3.05) is 0 Å². The lowest BCUT2D eigenvalue weighted by atomic mass is 10.2. The molecular formula is C13H13ClO5. The van der Waals surface area contributed by atoms with Crippen LogP contribution < -0.4 is 0 Å². The SMILES string of the molecule is O.O=C(O)CC(O)c1ccc(-c2cccc(Cl)c2)o1. The highest BCUT2D eigenvalue weighted by Gasteiger charge is 2.16. The molecule has 0 saturated heterocycles. The molecule has 5 nitrogen and oxygen atoms in total. The van der Waals surface area contributed by atoms with Gasteiger partial charge in [-0.05, 0) is 24.3 Å². The lowest BCUT2D eigenvalue weighted by molar-refractivity contribution is -0.139. The maximum absolute atomic E-state index is 10.5. The Morgan fingerprint density at radius 3 is 2.68 bits per heavy atom. The Hall–Kier alpha value is -1.82. The zero-order valence-electron chi connectivity index (χ0n) is 9.84. The zero-order chi connectivity index (χ0) is 13.1. The Bertz CT molecular complexity index is 564. The standard InChI is InChI=1S/C13H11ClO4.H2O/c14-9-3-1-2-8(6-9)11-4-5-12(18-11)10(15)7-13(16)17;/h1-6,10,15H,7H2,(H,16,17);1H2. The van der Waals surface area contributed by atoms with Crippen molar-refractivity contribution in [1.29, 1.82) is 0 Å². The minimum atomic E-state index is -1.14. The summed E-state index contributed by atoms with van der Waals surface area (Å²) in [4.78, 5) is 10.5. The Balaban J connectivity index is 0.00000180. The minimum Gasteiger partial charge on any atom is -0.481 e. The molecule has 0 aliphatic heterocycles. The van der Waals surface area contributed by atoms with Gasteiger partial charge in [-0.15, -0.1) is 0 Å². The number of benzene rings is 1. The second kappa shape index (κ2) is 6.38. The summed E-state index contributed by atoms with van der Waals surface area (Å²) < 4.78 is 5.42. The summed E-state index contributed by atoms with van der Waals surface area (Å²) in [5, 5.41) is 18.8. The van der Waals surface area contributed by atoms with Gasteiger partial charge in [0.25, 0.3) is 0 Å². The fourth-order valence-corrected chi connectivity index (χ4v) is 1.79. The molecule has 0 saturated carbocycles. The lowest BCUT2D eigenvalue weighted by Gasteiger charge is -2.03. The van der Waals surface area contributed by atoms with E-state index in [1.807, 2.05) is 6.07 Å². The van der Waals surface area contributed by atoms with Crippen molar-refractivity contribution in [1.82, 2.24) is 0 Å². The fraction of sp³-hybridized carbons (Fsp3) is 0.154. The molecule has 0 spiro atoms. The highest BCUT2D eigenvalue weighted by atomic mass is 35.5. The van der Waals surface area contributed by atoms with E-state index in [1.165, 1.54) is 0 Å². The van der Waals surface area contributed by atoms with Gasteiger partial charge < -0.3 is 20.1 Å². The summed E-state index contributed by atoms with van der Waals surface area (Å²) in [6.07, 6.45) is -1.53. The van der Waals surface area contributed by atoms with Crippen molar-refractivity contribution < 1.29 is 24.9 Å². The van der Waals surface area contributed by atoms with Crippen LogP contribution in [0.25, 0.3) is 11.3 Å². The Labute approximate surface area is 114 Å². The van der Waals surface area contributed by atoms with Crippen molar-refractivity contribution in [3.8, 4) is 11.3 Å². The van der Waals surface area contributed by atoms with Gasteiger partial charge in [-0.25, -0.2) is 0 Å². The third-order valence-corrected chi connectivity index (χ3v) is 2.67. The molecule has 0 bridgehead atoms. The van der Waals surface area contributed by atoms with Gasteiger partial charge in [-0.1, -0.05) is 23.7 Å². The van der Waals surface area contributed by atoms with Gasteiger partial charge in [-0.2, -0.15) is 0 Å². The molecule has 1 aromatic heterocycles. The molecule has 102 valence electrons. The number of hydrogen-bond donors (Lipinski definition) is 2. The second-order valence-electron chi connectivity index (χ2n) is 3.83. The topological polar surface area (TPSA) is 102 Å². The summed E-state index contributed by atoms with van der Waals surface area (Å²) in [5.74, 6) is -0.312. The summed E-state index contributed by atoms with van der Waals surface area (Å²) in [6.45, 7) is 0. The van der Waals surface area contributed by atoms with E-state index in [2.05, 4.69) is 0 Å². The molecule has 1 atom stereocenters. The van der Waals surface area contributed by atoms with Crippen molar-refractivity contribution in [2.24, 2.45) is 0 Å². The number of aliphatic hydroxyl groups is 1. The van der Waals surface area contributed by atoms with E-state index in [4.69, 9.17) is 21.1 Å². The van der Waals surface area contributed by atoms with Crippen LogP contribution in [-0.2, 0) is 4.79 Å². The van der Waals surface area contributed by atoms with Crippen LogP contribution in [0.4, 0.5) is 0 Å². The maximum Gasteiger partial charge on any atom is 0.306 e. The van der Waals surface area contributed by atoms with Gasteiger partial charge in [0, 0.05) is 10.6 Å². The molecule has 0 aliphatic carbocycles. The van der Waals surface area contributed by atoms with Gasteiger partial charge in [0.15, 0.2) is 0 Å². The van der Waals surface area contributed by atoms with E-state index >= 15 is 0 Å². The molecule has 0 amide bonds. The van der Waals surface area contributed by atoms with Crippen LogP contribution in [0.3, 0.4) is 0 Å². The van der Waals surface area contributed by atoms with Gasteiger partial charge >= 0.3 is 5.97 Å². The fourth-order valence-electron chi connectivity index (χ4n) is 1.59. The average molecular weight is 285 g/mol. The summed E-state index contributed by atoms with van der Waals surface area (Å²) in [6, 6.07) is 10.3. The van der Waals surface area contributed by atoms with Gasteiger partial charge in [0.2, 0.25) is 0 Å². The molecule has 0 radical (unpaired) electrons. The first-order valence-corrected chi connectivity index (χ1v) is 5.69. The first-order valence-electron chi connectivity index (χ1n) is 5.32. The lowest BCUT2D eigenvalue weighted by Crippen LogP contribution is -2.04. The summed E-state index contributed by atoms with van der Waals surface area (Å²) in [7, 11) is 0. The molecule has 2 aromatic rings. The number of hydrogen-bond acceptors (Lipinski definition) is 3. The van der Waals surface area contributed by atoms with Crippen LogP contribution in [0.1, 0.15) is 18.3 Å². The first-order chi connectivity index (χ1) is 8.56. The second-order valence-corrected chi connectivity index (χ2v) is 4.26. The Kier molecular flexibility index (Phi) is 5.11. The van der Waals surface area contributed by atoms with Gasteiger partial charge in [0.05, 0.1) is 6.42 Å². The van der Waals surface area contributed by atoms with E-state index in [0.717, 1.165) is 5.56 Å². The van der Waals surface area contributed by atoms with E-state index in [9.17, 15) is 9.90 Å². The smallest absolute Gasteiger partial charge is 0.306 e. The number of carboxylic acid groups (broad SMARTS) is 1. The molecule has 1 unspecified atom stereocenters. The largest absolute Gasteiger partial charge is 0.481 e. The van der Waals surface area contributed by atoms with Crippen LogP contribution in [0.2, 0.25) is 5.02 Å². The minimum absolute atomic E-state index is 0. The molecule has 4 N–H and O–H groups in total. The van der Waals surface area contributed by atoms with Gasteiger partial charge in [0.1, 0.15) is 17.6 Å². The van der Waals surface area contributed by atoms with E-state index in [0.29, 0.717) is 10.8 Å². The van der Waals surface area contributed by atoms with E-state index in [1.54, 1.807) is 30.3 Å². The van der Waals surface area contributed by atoms with Crippen molar-refractivity contribution >= 4 is 17.6 Å². The first kappa shape index (κ1) is 15.2. The van der Waals surface area contributed by atoms with Crippen LogP contribution >= 0.6 is 11.6 Å². The normalized spacial score (nSPS) is 11.7. The van der Waals surface area contributed by atoms with E-state index < -0.39 is 12.1 Å². The van der Waals surface area contributed by atoms with E-state index in [-0.39, 0.29) is 17.7 Å². The monoisotopic (exact) mass is 284 g/mol. The average Bonchev–Trinajstić information content (AvgIpc) is 2.77. The number of aliphatic carboxylic acids is 1. The predicted octanol–water partition coefficient (Wildman–Crippen LogP) is 2.28. The molecular weight excluding hydrogens is 272 g/mol. The molecule has 19 heavy (non-hydrogen) atoms. The third kappa shape index (κ3) is 3.82. The zero-order valence-corrected chi connectivity index (χ0v) is 10.6. The van der Waals surface area contributed by atoms with Gasteiger partial charge in [-0.3, -0.25) is 4.79 Å². The summed E-state index contributed by atoms with van der Waals surface area (Å²) >= 11 is 5.86. The Morgan fingerprint density at radius 2 is 2.05 bits per heavy atom. The quantitative estimate of drug-likeness (QED) is 0.899. The molecule has 1 heterocycles. The maximum atomic E-state index is 10.5. The predicted molar refractivity (Wildman–Crippen MR) is 70.0 cm³/mol. The molecule has 2 rings (SSSR count). The number of carbonyl (C=O) groups is 1. The number of rotatable bonds is 4.